The van der Waals surface area contributed by atoms with Crippen LogP contribution in [0.5, 0.6) is 0 Å². The van der Waals surface area contributed by atoms with Crippen molar-refractivity contribution in [1.29, 1.82) is 0 Å². The molecule has 0 unspecified atom stereocenters. The van der Waals surface area contributed by atoms with E-state index in [0.29, 0.717) is 5.69 Å². The number of nitrogens with one attached hydrogen (secondary N) is 1. The monoisotopic (exact) mass is 394 g/mol. The molecule has 0 aliphatic heterocycles. The molecule has 10 heteroatoms. The van der Waals surface area contributed by atoms with Gasteiger partial charge in [0.05, 0.1) is 5.75 Å². The van der Waals surface area contributed by atoms with Crippen LogP contribution in [-0.4, -0.2) is 26.4 Å². The van der Waals surface area contributed by atoms with Crippen molar-refractivity contribution in [3.05, 3.63) is 34.6 Å². The summed E-state index contributed by atoms with van der Waals surface area (Å²) in [7, 11) is 1.21. The van der Waals surface area contributed by atoms with Crippen LogP contribution in [-0.2, 0) is 18.0 Å². The van der Waals surface area contributed by atoms with E-state index in [1.54, 1.807) is 18.2 Å². The Kier molecular flexibility index (Phi) is 5.12. The van der Waals surface area contributed by atoms with Crippen LogP contribution >= 0.6 is 27.7 Å². The molecule has 0 aliphatic carbocycles. The first-order valence-electron chi connectivity index (χ1n) is 5.92. The minimum atomic E-state index is -4.57. The minimum Gasteiger partial charge on any atom is -0.325 e. The number of rotatable bonds is 4. The molecule has 1 aromatic heterocycles. The van der Waals surface area contributed by atoms with Gasteiger partial charge in [0.1, 0.15) is 0 Å². The lowest BCUT2D eigenvalue weighted by atomic mass is 10.3. The molecule has 2 aromatic rings. The lowest BCUT2D eigenvalue weighted by Crippen LogP contribution is -2.15. The smallest absolute Gasteiger partial charge is 0.325 e. The molecule has 0 saturated heterocycles. The number of anilines is 1. The number of hydrogen-bond donors (Lipinski definition) is 1. The quantitative estimate of drug-likeness (QED) is 0.807. The Bertz CT molecular complexity index is 689. The summed E-state index contributed by atoms with van der Waals surface area (Å²) in [5, 5.41) is 9.20. The van der Waals surface area contributed by atoms with Gasteiger partial charge in [0.2, 0.25) is 11.7 Å². The molecule has 1 heterocycles. The average Bonchev–Trinajstić information content (AvgIpc) is 2.77. The second kappa shape index (κ2) is 6.69. The van der Waals surface area contributed by atoms with Crippen LogP contribution in [0.2, 0.25) is 0 Å². The molecule has 22 heavy (non-hydrogen) atoms. The summed E-state index contributed by atoms with van der Waals surface area (Å²) in [4.78, 5) is 11.8. The highest BCUT2D eigenvalue weighted by Crippen LogP contribution is 2.29. The molecule has 1 aromatic carbocycles. The van der Waals surface area contributed by atoms with Crippen molar-refractivity contribution >= 4 is 39.3 Å². The van der Waals surface area contributed by atoms with Crippen molar-refractivity contribution in [3.8, 4) is 0 Å². The molecule has 118 valence electrons. The van der Waals surface area contributed by atoms with E-state index < -0.39 is 12.0 Å². The van der Waals surface area contributed by atoms with Crippen molar-refractivity contribution in [3.63, 3.8) is 0 Å². The number of thioether (sulfide) groups is 1. The van der Waals surface area contributed by atoms with Gasteiger partial charge in [-0.25, -0.2) is 0 Å². The van der Waals surface area contributed by atoms with Gasteiger partial charge in [-0.2, -0.15) is 13.2 Å². The maximum absolute atomic E-state index is 12.6. The van der Waals surface area contributed by atoms with Crippen LogP contribution in [0.15, 0.2) is 33.9 Å². The Hall–Kier alpha value is -1.55. The number of amides is 1. The Labute approximate surface area is 136 Å². The molecule has 0 bridgehead atoms. The third-order valence-corrected chi connectivity index (χ3v) is 4.04. The van der Waals surface area contributed by atoms with Crippen molar-refractivity contribution < 1.29 is 18.0 Å². The predicted molar refractivity (Wildman–Crippen MR) is 79.5 cm³/mol. The van der Waals surface area contributed by atoms with E-state index in [-0.39, 0.29) is 16.8 Å². The van der Waals surface area contributed by atoms with Gasteiger partial charge in [-0.1, -0.05) is 33.8 Å². The van der Waals surface area contributed by atoms with Gasteiger partial charge in [0, 0.05) is 17.2 Å². The fourth-order valence-corrected chi connectivity index (χ4v) is 2.69. The van der Waals surface area contributed by atoms with Crippen molar-refractivity contribution in [2.24, 2.45) is 7.05 Å². The largest absolute Gasteiger partial charge is 0.451 e. The van der Waals surface area contributed by atoms with E-state index in [4.69, 9.17) is 0 Å². The molecule has 0 saturated carbocycles. The molecule has 0 radical (unpaired) electrons. The predicted octanol–water partition coefficient (Wildman–Crippen LogP) is 3.33. The van der Waals surface area contributed by atoms with Gasteiger partial charge in [-0.15, -0.1) is 10.2 Å². The number of aromatic nitrogens is 3. The zero-order valence-corrected chi connectivity index (χ0v) is 13.6. The molecule has 0 spiro atoms. The number of nitrogens with zero attached hydrogens (tertiary/aromatic N) is 3. The maximum atomic E-state index is 12.6. The first-order valence-corrected chi connectivity index (χ1v) is 7.70. The van der Waals surface area contributed by atoms with Gasteiger partial charge < -0.3 is 9.88 Å². The van der Waals surface area contributed by atoms with Gasteiger partial charge in [-0.05, 0) is 18.2 Å². The molecule has 0 aliphatic rings. The second-order valence-electron chi connectivity index (χ2n) is 4.21. The fraction of sp³-hybridized carbons (Fsp3) is 0.250. The van der Waals surface area contributed by atoms with Crippen LogP contribution in [0.1, 0.15) is 5.82 Å². The summed E-state index contributed by atoms with van der Waals surface area (Å²) in [6.45, 7) is 0. The van der Waals surface area contributed by atoms with E-state index in [1.165, 1.54) is 7.05 Å². The van der Waals surface area contributed by atoms with Crippen LogP contribution in [0.3, 0.4) is 0 Å². The first kappa shape index (κ1) is 16.8. The summed E-state index contributed by atoms with van der Waals surface area (Å²) in [6, 6.07) is 6.98. The third kappa shape index (κ3) is 4.23. The van der Waals surface area contributed by atoms with Crippen molar-refractivity contribution in [1.82, 2.24) is 14.8 Å². The molecule has 0 fully saturated rings. The first-order chi connectivity index (χ1) is 10.3. The fourth-order valence-electron chi connectivity index (χ4n) is 1.58. The highest BCUT2D eigenvalue weighted by Gasteiger charge is 2.37. The number of halogens is 4. The maximum Gasteiger partial charge on any atom is 0.451 e. The topological polar surface area (TPSA) is 59.8 Å². The van der Waals surface area contributed by atoms with Crippen LogP contribution < -0.4 is 5.32 Å². The molecule has 5 nitrogen and oxygen atoms in total. The van der Waals surface area contributed by atoms with Crippen molar-refractivity contribution in [2.75, 3.05) is 11.1 Å². The minimum absolute atomic E-state index is 0.0247. The Morgan fingerprint density at radius 3 is 2.73 bits per heavy atom. The third-order valence-electron chi connectivity index (χ3n) is 2.53. The van der Waals surface area contributed by atoms with E-state index >= 15 is 0 Å². The van der Waals surface area contributed by atoms with Gasteiger partial charge >= 0.3 is 6.18 Å². The molecule has 0 atom stereocenters. The van der Waals surface area contributed by atoms with Crippen LogP contribution in [0.25, 0.3) is 0 Å². The van der Waals surface area contributed by atoms with Crippen LogP contribution in [0, 0.1) is 0 Å². The molecular formula is C12H10BrF3N4OS. The average molecular weight is 395 g/mol. The number of hydrogen-bond acceptors (Lipinski definition) is 4. The molecular weight excluding hydrogens is 385 g/mol. The summed E-state index contributed by atoms with van der Waals surface area (Å²) < 4.78 is 39.3. The Balaban J connectivity index is 1.96. The lowest BCUT2D eigenvalue weighted by molar-refractivity contribution is -0.147. The van der Waals surface area contributed by atoms with Gasteiger partial charge in [-0.3, -0.25) is 4.79 Å². The summed E-state index contributed by atoms with van der Waals surface area (Å²) in [6.07, 6.45) is -4.57. The molecule has 1 N–H and O–H groups in total. The Morgan fingerprint density at radius 1 is 1.41 bits per heavy atom. The van der Waals surface area contributed by atoms with E-state index in [2.05, 4.69) is 31.4 Å². The number of carbonyl (C=O) groups is 1. The zero-order valence-electron chi connectivity index (χ0n) is 11.2. The number of alkyl halides is 3. The van der Waals surface area contributed by atoms with Gasteiger partial charge in [0.15, 0.2) is 5.16 Å². The highest BCUT2D eigenvalue weighted by molar-refractivity contribution is 9.10. The zero-order chi connectivity index (χ0) is 16.3. The van der Waals surface area contributed by atoms with Crippen LogP contribution in [0.4, 0.5) is 18.9 Å². The second-order valence-corrected chi connectivity index (χ2v) is 6.07. The van der Waals surface area contributed by atoms with E-state index in [9.17, 15) is 18.0 Å². The number of benzene rings is 1. The number of carbonyl (C=O) groups excluding carboxylic acids is 1. The molecule has 2 rings (SSSR count). The summed E-state index contributed by atoms with van der Waals surface area (Å²) in [5.74, 6) is -1.52. The SMILES string of the molecule is Cn1c(SCC(=O)Nc2cccc(Br)c2)nnc1C(F)(F)F. The van der Waals surface area contributed by atoms with Crippen molar-refractivity contribution in [2.45, 2.75) is 11.3 Å². The summed E-state index contributed by atoms with van der Waals surface area (Å²) >= 11 is 4.16. The standard InChI is InChI=1S/C12H10BrF3N4OS/c1-20-10(12(14,15)16)18-19-11(20)22-6-9(21)17-8-4-2-3-7(13)5-8/h2-5H,6H2,1H3,(H,17,21). The molecule has 1 amide bonds. The van der Waals surface area contributed by atoms with Gasteiger partial charge in [0.25, 0.3) is 0 Å². The lowest BCUT2D eigenvalue weighted by Gasteiger charge is -2.07. The van der Waals surface area contributed by atoms with E-state index in [1.807, 2.05) is 6.07 Å². The Morgan fingerprint density at radius 2 is 2.14 bits per heavy atom. The summed E-state index contributed by atoms with van der Waals surface area (Å²) in [5.41, 5.74) is 0.592. The normalized spacial score (nSPS) is 11.5. The van der Waals surface area contributed by atoms with E-state index in [0.717, 1.165) is 20.8 Å². The highest BCUT2D eigenvalue weighted by atomic mass is 79.9.